The van der Waals surface area contributed by atoms with Crippen LogP contribution < -0.4 is 10.6 Å². The first-order chi connectivity index (χ1) is 7.86. The number of benzene rings is 1. The Bertz CT molecular complexity index is 462. The van der Waals surface area contributed by atoms with Crippen molar-refractivity contribution in [1.82, 2.24) is 4.98 Å². The van der Waals surface area contributed by atoms with Crippen LogP contribution >= 0.6 is 0 Å². The van der Waals surface area contributed by atoms with E-state index in [1.807, 2.05) is 18.5 Å². The second kappa shape index (κ2) is 4.94. The number of hydrogen-bond donors (Lipinski definition) is 1. The topological polar surface area (TPSA) is 42.1 Å². The molecule has 2 N–H and O–H groups in total. The number of nitrogens with zero attached hydrogens (tertiary/aromatic N) is 2. The molecule has 1 heterocycles. The van der Waals surface area contributed by atoms with Crippen LogP contribution in [0.3, 0.4) is 0 Å². The van der Waals surface area contributed by atoms with Crippen LogP contribution in [0.5, 0.6) is 0 Å². The van der Waals surface area contributed by atoms with E-state index >= 15 is 0 Å². The van der Waals surface area contributed by atoms with Crippen LogP contribution in [0.25, 0.3) is 10.8 Å². The molecule has 1 aromatic heterocycles. The zero-order valence-electron chi connectivity index (χ0n) is 9.56. The molecule has 0 aliphatic heterocycles. The molecule has 0 radical (unpaired) electrons. The van der Waals surface area contributed by atoms with Crippen molar-refractivity contribution >= 4 is 16.5 Å². The number of aromatic nitrogens is 1. The molecule has 0 saturated carbocycles. The molecule has 2 rings (SSSR count). The van der Waals surface area contributed by atoms with Crippen LogP contribution in [0.2, 0.25) is 0 Å². The molecule has 0 atom stereocenters. The largest absolute Gasteiger partial charge is 0.369 e. The van der Waals surface area contributed by atoms with Gasteiger partial charge in [0.1, 0.15) is 0 Å². The summed E-state index contributed by atoms with van der Waals surface area (Å²) in [6.07, 6.45) is 3.82. The Morgan fingerprint density at radius 3 is 2.81 bits per heavy atom. The van der Waals surface area contributed by atoms with Crippen molar-refractivity contribution in [3.8, 4) is 0 Å². The maximum atomic E-state index is 5.62. The zero-order chi connectivity index (χ0) is 11.4. The van der Waals surface area contributed by atoms with Crippen molar-refractivity contribution in [2.45, 2.75) is 6.92 Å². The van der Waals surface area contributed by atoms with E-state index < -0.39 is 0 Å². The second-order valence-electron chi connectivity index (χ2n) is 3.75. The number of fused-ring (bicyclic) bond motifs is 1. The predicted octanol–water partition coefficient (Wildman–Crippen LogP) is 2.02. The average molecular weight is 215 g/mol. The molecular weight excluding hydrogens is 198 g/mol. The van der Waals surface area contributed by atoms with Gasteiger partial charge in [-0.05, 0) is 6.92 Å². The van der Waals surface area contributed by atoms with Crippen molar-refractivity contribution < 1.29 is 0 Å². The third-order valence-corrected chi connectivity index (χ3v) is 2.77. The van der Waals surface area contributed by atoms with Crippen LogP contribution in [0, 0.1) is 0 Å². The predicted molar refractivity (Wildman–Crippen MR) is 68.7 cm³/mol. The molecule has 0 unspecified atom stereocenters. The number of anilines is 1. The lowest BCUT2D eigenvalue weighted by Crippen LogP contribution is -2.29. The molecule has 1 aromatic carbocycles. The molecular formula is C13H17N3. The van der Waals surface area contributed by atoms with E-state index in [1.165, 1.54) is 16.5 Å². The van der Waals surface area contributed by atoms with Gasteiger partial charge in [-0.3, -0.25) is 4.98 Å². The number of nitrogens with two attached hydrogens (primary N) is 1. The van der Waals surface area contributed by atoms with Crippen molar-refractivity contribution in [3.05, 3.63) is 36.7 Å². The Kier molecular flexibility index (Phi) is 3.37. The molecule has 3 heteroatoms. The van der Waals surface area contributed by atoms with Gasteiger partial charge in [-0.2, -0.15) is 0 Å². The number of likely N-dealkylation sites (N-methyl/N-ethyl adjacent to an activating group) is 1. The Hall–Kier alpha value is -1.61. The van der Waals surface area contributed by atoms with Gasteiger partial charge in [-0.1, -0.05) is 24.3 Å². The molecule has 0 amide bonds. The van der Waals surface area contributed by atoms with Gasteiger partial charge in [0.15, 0.2) is 0 Å². The summed E-state index contributed by atoms with van der Waals surface area (Å²) in [5.74, 6) is 0. The van der Waals surface area contributed by atoms with Crippen LogP contribution in [0.4, 0.5) is 5.69 Å². The van der Waals surface area contributed by atoms with Crippen molar-refractivity contribution in [1.29, 1.82) is 0 Å². The van der Waals surface area contributed by atoms with Gasteiger partial charge in [-0.15, -0.1) is 0 Å². The summed E-state index contributed by atoms with van der Waals surface area (Å²) in [5.41, 5.74) is 6.80. The van der Waals surface area contributed by atoms with E-state index in [0.717, 1.165) is 13.1 Å². The summed E-state index contributed by atoms with van der Waals surface area (Å²) in [6, 6.07) is 8.31. The smallest absolute Gasteiger partial charge is 0.0632 e. The molecule has 16 heavy (non-hydrogen) atoms. The molecule has 84 valence electrons. The summed E-state index contributed by atoms with van der Waals surface area (Å²) in [4.78, 5) is 6.54. The van der Waals surface area contributed by atoms with Crippen LogP contribution in [-0.2, 0) is 0 Å². The van der Waals surface area contributed by atoms with Crippen molar-refractivity contribution in [2.24, 2.45) is 5.73 Å². The molecule has 3 nitrogen and oxygen atoms in total. The first-order valence-corrected chi connectivity index (χ1v) is 5.64. The van der Waals surface area contributed by atoms with E-state index in [1.54, 1.807) is 0 Å². The van der Waals surface area contributed by atoms with Gasteiger partial charge in [-0.25, -0.2) is 0 Å². The van der Waals surface area contributed by atoms with Gasteiger partial charge in [0, 0.05) is 36.6 Å². The van der Waals surface area contributed by atoms with E-state index in [9.17, 15) is 0 Å². The number of rotatable bonds is 4. The van der Waals surface area contributed by atoms with Gasteiger partial charge < -0.3 is 10.6 Å². The lowest BCUT2D eigenvalue weighted by molar-refractivity contribution is 0.818. The highest BCUT2D eigenvalue weighted by Crippen LogP contribution is 2.24. The summed E-state index contributed by atoms with van der Waals surface area (Å²) in [7, 11) is 0. The van der Waals surface area contributed by atoms with Gasteiger partial charge in [0.05, 0.1) is 11.9 Å². The molecule has 0 spiro atoms. The minimum atomic E-state index is 0.664. The summed E-state index contributed by atoms with van der Waals surface area (Å²) < 4.78 is 0. The van der Waals surface area contributed by atoms with E-state index in [4.69, 9.17) is 5.73 Å². The highest BCUT2D eigenvalue weighted by atomic mass is 15.1. The van der Waals surface area contributed by atoms with Crippen LogP contribution in [-0.4, -0.2) is 24.6 Å². The van der Waals surface area contributed by atoms with Gasteiger partial charge in [0.25, 0.3) is 0 Å². The highest BCUT2D eigenvalue weighted by molar-refractivity contribution is 5.93. The molecule has 0 bridgehead atoms. The highest BCUT2D eigenvalue weighted by Gasteiger charge is 2.07. The third-order valence-electron chi connectivity index (χ3n) is 2.77. The van der Waals surface area contributed by atoms with Crippen molar-refractivity contribution in [3.63, 3.8) is 0 Å². The third kappa shape index (κ3) is 1.99. The Morgan fingerprint density at radius 1 is 1.25 bits per heavy atom. The summed E-state index contributed by atoms with van der Waals surface area (Å²) >= 11 is 0. The summed E-state index contributed by atoms with van der Waals surface area (Å²) in [6.45, 7) is 4.62. The van der Waals surface area contributed by atoms with E-state index in [2.05, 4.69) is 35.0 Å². The molecule has 0 aliphatic carbocycles. The number of pyridine rings is 1. The minimum Gasteiger partial charge on any atom is -0.369 e. The average Bonchev–Trinajstić information content (AvgIpc) is 2.35. The fourth-order valence-corrected chi connectivity index (χ4v) is 1.96. The minimum absolute atomic E-state index is 0.664. The van der Waals surface area contributed by atoms with Crippen LogP contribution in [0.15, 0.2) is 36.7 Å². The maximum absolute atomic E-state index is 5.62. The molecule has 0 saturated heterocycles. The monoisotopic (exact) mass is 215 g/mol. The van der Waals surface area contributed by atoms with E-state index in [-0.39, 0.29) is 0 Å². The first kappa shape index (κ1) is 10.9. The Morgan fingerprint density at radius 2 is 2.06 bits per heavy atom. The number of hydrogen-bond acceptors (Lipinski definition) is 3. The fraction of sp³-hybridized carbons (Fsp3) is 0.308. The SMILES string of the molecule is CCN(CCN)c1cncc2ccccc12. The summed E-state index contributed by atoms with van der Waals surface area (Å²) in [5, 5.41) is 2.42. The fourth-order valence-electron chi connectivity index (χ4n) is 1.96. The second-order valence-corrected chi connectivity index (χ2v) is 3.75. The normalized spacial score (nSPS) is 10.6. The first-order valence-electron chi connectivity index (χ1n) is 5.64. The quantitative estimate of drug-likeness (QED) is 0.848. The Labute approximate surface area is 95.9 Å². The molecule has 0 aliphatic rings. The maximum Gasteiger partial charge on any atom is 0.0632 e. The molecule has 2 aromatic rings. The lowest BCUT2D eigenvalue weighted by atomic mass is 10.1. The Balaban J connectivity index is 2.50. The van der Waals surface area contributed by atoms with Gasteiger partial charge in [0.2, 0.25) is 0 Å². The van der Waals surface area contributed by atoms with Gasteiger partial charge >= 0.3 is 0 Å². The standard InChI is InChI=1S/C13H17N3/c1-2-16(8-7-14)13-10-15-9-11-5-3-4-6-12(11)13/h3-6,9-10H,2,7-8,14H2,1H3. The van der Waals surface area contributed by atoms with Crippen molar-refractivity contribution in [2.75, 3.05) is 24.5 Å². The van der Waals surface area contributed by atoms with E-state index in [0.29, 0.717) is 6.54 Å². The lowest BCUT2D eigenvalue weighted by Gasteiger charge is -2.23. The molecule has 0 fully saturated rings. The zero-order valence-corrected chi connectivity index (χ0v) is 9.56. The van der Waals surface area contributed by atoms with Crippen LogP contribution in [0.1, 0.15) is 6.92 Å².